The fourth-order valence-electron chi connectivity index (χ4n) is 2.53. The van der Waals surface area contributed by atoms with Crippen LogP contribution in [0.4, 0.5) is 5.69 Å². The maximum Gasteiger partial charge on any atom is 0.262 e. The van der Waals surface area contributed by atoms with E-state index in [2.05, 4.69) is 10.6 Å². The van der Waals surface area contributed by atoms with Gasteiger partial charge in [-0.25, -0.2) is 0 Å². The molecule has 0 unspecified atom stereocenters. The monoisotopic (exact) mass is 406 g/mol. The summed E-state index contributed by atoms with van der Waals surface area (Å²) in [5.41, 5.74) is 2.74. The molecule has 152 valence electrons. The zero-order chi connectivity index (χ0) is 20.4. The van der Waals surface area contributed by atoms with E-state index in [9.17, 15) is 4.79 Å². The third kappa shape index (κ3) is 7.03. The molecule has 6 nitrogen and oxygen atoms in total. The van der Waals surface area contributed by atoms with Crippen molar-refractivity contribution in [2.75, 3.05) is 39.3 Å². The average molecular weight is 407 g/mol. The van der Waals surface area contributed by atoms with E-state index in [-0.39, 0.29) is 12.5 Å². The van der Waals surface area contributed by atoms with Crippen LogP contribution in [0, 0.1) is 6.92 Å². The first-order valence-corrected chi connectivity index (χ1v) is 9.46. The van der Waals surface area contributed by atoms with Crippen LogP contribution < -0.4 is 20.1 Å². The molecule has 0 aliphatic carbocycles. The van der Waals surface area contributed by atoms with E-state index in [0.717, 1.165) is 29.8 Å². The van der Waals surface area contributed by atoms with Gasteiger partial charge in [0.1, 0.15) is 0 Å². The molecule has 0 bridgehead atoms. The van der Waals surface area contributed by atoms with Crippen molar-refractivity contribution in [3.05, 3.63) is 52.5 Å². The summed E-state index contributed by atoms with van der Waals surface area (Å²) < 4.78 is 16.0. The minimum Gasteiger partial charge on any atom is -0.493 e. The van der Waals surface area contributed by atoms with E-state index < -0.39 is 0 Å². The van der Waals surface area contributed by atoms with Gasteiger partial charge in [0.2, 0.25) is 0 Å². The summed E-state index contributed by atoms with van der Waals surface area (Å²) in [7, 11) is 3.24. The standard InChI is InChI=1S/C21H27ClN2O4/c1-15-5-7-17(8-6-15)24-21(25)14-28-20-12-18(22)16(11-19(20)27-3)13-23-9-4-10-26-2/h5-8,11-12,23H,4,9-10,13-14H2,1-3H3,(H,24,25). The molecule has 7 heteroatoms. The van der Waals surface area contributed by atoms with Gasteiger partial charge in [0.15, 0.2) is 18.1 Å². The quantitative estimate of drug-likeness (QED) is 0.555. The lowest BCUT2D eigenvalue weighted by Gasteiger charge is -2.14. The highest BCUT2D eigenvalue weighted by atomic mass is 35.5. The molecule has 2 rings (SSSR count). The summed E-state index contributed by atoms with van der Waals surface area (Å²) in [6.45, 7) is 3.98. The second-order valence-electron chi connectivity index (χ2n) is 6.32. The van der Waals surface area contributed by atoms with Crippen molar-refractivity contribution in [3.8, 4) is 11.5 Å². The number of carbonyl (C=O) groups is 1. The molecule has 2 N–H and O–H groups in total. The maximum absolute atomic E-state index is 12.1. The highest BCUT2D eigenvalue weighted by molar-refractivity contribution is 6.31. The van der Waals surface area contributed by atoms with Crippen molar-refractivity contribution >= 4 is 23.2 Å². The molecule has 0 aromatic heterocycles. The van der Waals surface area contributed by atoms with Crippen LogP contribution in [0.5, 0.6) is 11.5 Å². The zero-order valence-corrected chi connectivity index (χ0v) is 17.3. The molecule has 1 amide bonds. The molecule has 28 heavy (non-hydrogen) atoms. The van der Waals surface area contributed by atoms with Gasteiger partial charge in [-0.15, -0.1) is 0 Å². The van der Waals surface area contributed by atoms with Crippen LogP contribution in [0.2, 0.25) is 5.02 Å². The maximum atomic E-state index is 12.1. The van der Waals surface area contributed by atoms with Crippen molar-refractivity contribution < 1.29 is 19.0 Å². The van der Waals surface area contributed by atoms with E-state index in [1.807, 2.05) is 37.3 Å². The Labute approximate surface area is 171 Å². The number of anilines is 1. The van der Waals surface area contributed by atoms with Gasteiger partial charge < -0.3 is 24.8 Å². The smallest absolute Gasteiger partial charge is 0.262 e. The number of halogens is 1. The second-order valence-corrected chi connectivity index (χ2v) is 6.73. The SMILES string of the molecule is COCCCNCc1cc(OC)c(OCC(=O)Nc2ccc(C)cc2)cc1Cl. The van der Waals surface area contributed by atoms with E-state index in [0.29, 0.717) is 29.7 Å². The predicted octanol–water partition coefficient (Wildman–Crippen LogP) is 3.80. The summed E-state index contributed by atoms with van der Waals surface area (Å²) >= 11 is 6.36. The Kier molecular flexibility index (Phi) is 9.07. The first kappa shape index (κ1) is 22.0. The number of hydrogen-bond acceptors (Lipinski definition) is 5. The van der Waals surface area contributed by atoms with Gasteiger partial charge >= 0.3 is 0 Å². The lowest BCUT2D eigenvalue weighted by molar-refractivity contribution is -0.118. The van der Waals surface area contributed by atoms with Crippen molar-refractivity contribution in [2.24, 2.45) is 0 Å². The normalized spacial score (nSPS) is 10.6. The number of amides is 1. The molecule has 0 heterocycles. The van der Waals surface area contributed by atoms with Crippen LogP contribution in [0.3, 0.4) is 0 Å². The predicted molar refractivity (Wildman–Crippen MR) is 112 cm³/mol. The largest absolute Gasteiger partial charge is 0.493 e. The first-order chi connectivity index (χ1) is 13.5. The summed E-state index contributed by atoms with van der Waals surface area (Å²) in [5, 5.41) is 6.64. The molecule has 0 saturated carbocycles. The molecule has 0 saturated heterocycles. The summed E-state index contributed by atoms with van der Waals surface area (Å²) in [6, 6.07) is 11.0. The lowest BCUT2D eigenvalue weighted by atomic mass is 10.2. The van der Waals surface area contributed by atoms with Crippen LogP contribution >= 0.6 is 11.6 Å². The Morgan fingerprint density at radius 2 is 1.86 bits per heavy atom. The Morgan fingerprint density at radius 3 is 2.54 bits per heavy atom. The highest BCUT2D eigenvalue weighted by Gasteiger charge is 2.12. The van der Waals surface area contributed by atoms with Crippen LogP contribution in [-0.4, -0.2) is 39.9 Å². The van der Waals surface area contributed by atoms with E-state index >= 15 is 0 Å². The summed E-state index contributed by atoms with van der Waals surface area (Å²) in [6.07, 6.45) is 0.919. The molecule has 2 aromatic carbocycles. The molecule has 2 aromatic rings. The van der Waals surface area contributed by atoms with E-state index in [1.54, 1.807) is 20.3 Å². The fourth-order valence-corrected chi connectivity index (χ4v) is 2.75. The van der Waals surface area contributed by atoms with Crippen molar-refractivity contribution in [2.45, 2.75) is 19.9 Å². The zero-order valence-electron chi connectivity index (χ0n) is 16.5. The molecule has 0 aliphatic rings. The molecule has 0 atom stereocenters. The molecular formula is C21H27ClN2O4. The minimum absolute atomic E-state index is 0.144. The Bertz CT molecular complexity index is 766. The lowest BCUT2D eigenvalue weighted by Crippen LogP contribution is -2.20. The number of rotatable bonds is 11. The van der Waals surface area contributed by atoms with Crippen molar-refractivity contribution in [3.63, 3.8) is 0 Å². The second kappa shape index (κ2) is 11.5. The number of nitrogens with one attached hydrogen (secondary N) is 2. The van der Waals surface area contributed by atoms with Gasteiger partial charge in [0.25, 0.3) is 5.91 Å². The molecule has 0 fully saturated rings. The summed E-state index contributed by atoms with van der Waals surface area (Å²) in [5.74, 6) is 0.696. The number of aryl methyl sites for hydroxylation is 1. The molecule has 0 radical (unpaired) electrons. The van der Waals surface area contributed by atoms with Gasteiger partial charge in [-0.05, 0) is 43.7 Å². The number of benzene rings is 2. The van der Waals surface area contributed by atoms with Crippen LogP contribution in [0.15, 0.2) is 36.4 Å². The highest BCUT2D eigenvalue weighted by Crippen LogP contribution is 2.33. The Morgan fingerprint density at radius 1 is 1.11 bits per heavy atom. The Hall–Kier alpha value is -2.28. The Balaban J connectivity index is 1.92. The van der Waals surface area contributed by atoms with Crippen molar-refractivity contribution in [1.29, 1.82) is 0 Å². The van der Waals surface area contributed by atoms with Crippen LogP contribution in [-0.2, 0) is 16.1 Å². The van der Waals surface area contributed by atoms with Crippen molar-refractivity contribution in [1.82, 2.24) is 5.32 Å². The minimum atomic E-state index is -0.258. The van der Waals surface area contributed by atoms with Gasteiger partial charge in [-0.1, -0.05) is 29.3 Å². The van der Waals surface area contributed by atoms with Gasteiger partial charge in [-0.3, -0.25) is 4.79 Å². The number of hydrogen-bond donors (Lipinski definition) is 2. The topological polar surface area (TPSA) is 68.8 Å². The van der Waals surface area contributed by atoms with Gasteiger partial charge in [-0.2, -0.15) is 0 Å². The van der Waals surface area contributed by atoms with Gasteiger partial charge in [0, 0.05) is 37.0 Å². The average Bonchev–Trinajstić information content (AvgIpc) is 2.69. The first-order valence-electron chi connectivity index (χ1n) is 9.09. The van der Waals surface area contributed by atoms with Crippen LogP contribution in [0.25, 0.3) is 0 Å². The third-order valence-electron chi connectivity index (χ3n) is 4.04. The molecule has 0 spiro atoms. The van der Waals surface area contributed by atoms with Crippen LogP contribution in [0.1, 0.15) is 17.5 Å². The number of methoxy groups -OCH3 is 2. The number of ether oxygens (including phenoxy) is 3. The van der Waals surface area contributed by atoms with Gasteiger partial charge in [0.05, 0.1) is 7.11 Å². The third-order valence-corrected chi connectivity index (χ3v) is 4.40. The summed E-state index contributed by atoms with van der Waals surface area (Å²) in [4.78, 5) is 12.1. The number of carbonyl (C=O) groups excluding carboxylic acids is 1. The molecular weight excluding hydrogens is 380 g/mol. The van der Waals surface area contributed by atoms with E-state index in [4.69, 9.17) is 25.8 Å². The molecule has 0 aliphatic heterocycles. The fraction of sp³-hybridized carbons (Fsp3) is 0.381. The van der Waals surface area contributed by atoms with E-state index in [1.165, 1.54) is 0 Å².